The first kappa shape index (κ1) is 10.8. The molecular weight excluding hydrogens is 132 g/mol. The fourth-order valence-corrected chi connectivity index (χ4v) is 1.49. The largest absolute Gasteiger partial charge is 0.222 e. The van der Waals surface area contributed by atoms with Gasteiger partial charge in [-0.25, -0.2) is 0 Å². The predicted molar refractivity (Wildman–Crippen MR) is 48.6 cm³/mol. The Morgan fingerprint density at radius 3 is 1.80 bits per heavy atom. The minimum atomic E-state index is 1.37. The molecular formula is C9H19Mg. The van der Waals surface area contributed by atoms with Crippen molar-refractivity contribution in [3.05, 3.63) is 0 Å². The lowest BCUT2D eigenvalue weighted by molar-refractivity contribution is 0.602. The molecule has 0 amide bonds. The fourth-order valence-electron chi connectivity index (χ4n) is 1.13. The quantitative estimate of drug-likeness (QED) is 0.387. The molecule has 0 aliphatic carbocycles. The number of rotatable bonds is 7. The molecule has 0 aromatic rings. The van der Waals surface area contributed by atoms with Crippen LogP contribution in [0.15, 0.2) is 0 Å². The normalized spacial score (nSPS) is 10.0. The zero-order valence-corrected chi connectivity index (χ0v) is 8.78. The minimum Gasteiger partial charge on any atom is -0.177 e. The zero-order chi connectivity index (χ0) is 7.66. The van der Waals surface area contributed by atoms with E-state index in [1.54, 1.807) is 0 Å². The maximum Gasteiger partial charge on any atom is 0.222 e. The summed E-state index contributed by atoms with van der Waals surface area (Å²) in [6, 6.07) is 0. The van der Waals surface area contributed by atoms with E-state index in [2.05, 4.69) is 28.6 Å². The van der Waals surface area contributed by atoms with Crippen molar-refractivity contribution in [3.8, 4) is 0 Å². The van der Waals surface area contributed by atoms with Gasteiger partial charge in [0.2, 0.25) is 21.7 Å². The Hall–Kier alpha value is 0.766. The topological polar surface area (TPSA) is 0 Å². The molecule has 0 atom stereocenters. The average molecular weight is 152 g/mol. The van der Waals surface area contributed by atoms with Crippen molar-refractivity contribution in [2.45, 2.75) is 56.4 Å². The molecule has 0 fully saturated rings. The smallest absolute Gasteiger partial charge is 0.177 e. The molecule has 0 rings (SSSR count). The van der Waals surface area contributed by atoms with E-state index in [1.807, 2.05) is 0 Å². The van der Waals surface area contributed by atoms with Crippen molar-refractivity contribution >= 4 is 21.7 Å². The van der Waals surface area contributed by atoms with Gasteiger partial charge in [0.05, 0.1) is 0 Å². The van der Waals surface area contributed by atoms with Crippen LogP contribution in [0.1, 0.15) is 51.9 Å². The van der Waals surface area contributed by atoms with Gasteiger partial charge in [0.25, 0.3) is 0 Å². The molecule has 0 nitrogen and oxygen atoms in total. The van der Waals surface area contributed by atoms with Gasteiger partial charge in [-0.15, -0.1) is 0 Å². The Morgan fingerprint density at radius 1 is 0.800 bits per heavy atom. The maximum atomic E-state index is 2.27. The summed E-state index contributed by atoms with van der Waals surface area (Å²) >= 11 is 2.10. The van der Waals surface area contributed by atoms with E-state index in [9.17, 15) is 0 Å². The molecule has 0 aromatic carbocycles. The van der Waals surface area contributed by atoms with Crippen molar-refractivity contribution < 1.29 is 0 Å². The zero-order valence-electron chi connectivity index (χ0n) is 7.36. The lowest BCUT2D eigenvalue weighted by atomic mass is 10.1. The Morgan fingerprint density at radius 2 is 1.30 bits per heavy atom. The monoisotopic (exact) mass is 151 g/mol. The molecule has 0 aliphatic heterocycles. The summed E-state index contributed by atoms with van der Waals surface area (Å²) in [5.74, 6) is 0. The van der Waals surface area contributed by atoms with E-state index in [0.717, 1.165) is 0 Å². The Labute approximate surface area is 78.2 Å². The Bertz CT molecular complexity index is 44.7. The highest BCUT2D eigenvalue weighted by Gasteiger charge is 1.87. The van der Waals surface area contributed by atoms with Crippen LogP contribution in [0, 0.1) is 0 Å². The molecule has 57 valence electrons. The summed E-state index contributed by atoms with van der Waals surface area (Å²) in [6.45, 7) is 2.27. The second-order valence-corrected chi connectivity index (χ2v) is 3.68. The third-order valence-electron chi connectivity index (χ3n) is 1.85. The molecule has 0 aromatic heterocycles. The van der Waals surface area contributed by atoms with Crippen molar-refractivity contribution in [2.24, 2.45) is 0 Å². The van der Waals surface area contributed by atoms with E-state index < -0.39 is 0 Å². The molecule has 0 spiro atoms. The van der Waals surface area contributed by atoms with Crippen LogP contribution in [0.4, 0.5) is 0 Å². The van der Waals surface area contributed by atoms with Crippen LogP contribution in [-0.2, 0) is 0 Å². The molecule has 10 heavy (non-hydrogen) atoms. The second-order valence-electron chi connectivity index (χ2n) is 2.97. The number of hydrogen-bond donors (Lipinski definition) is 0. The first-order valence-electron chi connectivity index (χ1n) is 4.71. The van der Waals surface area contributed by atoms with E-state index in [-0.39, 0.29) is 0 Å². The number of unbranched alkanes of at least 4 members (excludes halogenated alkanes) is 6. The minimum absolute atomic E-state index is 1.37. The molecule has 1 radical (unpaired) electrons. The standard InChI is InChI=1S/C9H19.Mg/c1-3-5-7-9-8-6-4-2;/h1,3-9H2,2H3;. The molecule has 0 heterocycles. The van der Waals surface area contributed by atoms with Crippen LogP contribution >= 0.6 is 0 Å². The molecule has 0 aliphatic rings. The van der Waals surface area contributed by atoms with Crippen molar-refractivity contribution in [3.63, 3.8) is 0 Å². The van der Waals surface area contributed by atoms with E-state index >= 15 is 0 Å². The summed E-state index contributed by atoms with van der Waals surface area (Å²) < 4.78 is 1.40. The summed E-state index contributed by atoms with van der Waals surface area (Å²) in [5, 5.41) is 0. The third-order valence-corrected chi connectivity index (χ3v) is 2.35. The van der Waals surface area contributed by atoms with Gasteiger partial charge in [-0.2, -0.15) is 4.55 Å². The van der Waals surface area contributed by atoms with Crippen molar-refractivity contribution in [1.82, 2.24) is 0 Å². The summed E-state index contributed by atoms with van der Waals surface area (Å²) in [5.41, 5.74) is 0. The highest BCUT2D eigenvalue weighted by atomic mass is 24.4. The highest BCUT2D eigenvalue weighted by Crippen LogP contribution is 2.07. The number of hydrogen-bond acceptors (Lipinski definition) is 0. The Balaban J connectivity index is 2.65. The lowest BCUT2D eigenvalue weighted by Gasteiger charge is -1.98. The molecule has 0 saturated carbocycles. The van der Waals surface area contributed by atoms with E-state index in [0.29, 0.717) is 0 Å². The van der Waals surface area contributed by atoms with Crippen LogP contribution in [0.25, 0.3) is 0 Å². The first-order valence-corrected chi connectivity index (χ1v) is 5.71. The fraction of sp³-hybridized carbons (Fsp3) is 1.00. The Kier molecular flexibility index (Phi) is 10.5. The molecule has 0 saturated heterocycles. The molecule has 0 bridgehead atoms. The van der Waals surface area contributed by atoms with Gasteiger partial charge >= 0.3 is 0 Å². The van der Waals surface area contributed by atoms with Crippen LogP contribution in [0.2, 0.25) is 4.55 Å². The average Bonchev–Trinajstić information content (AvgIpc) is 1.97. The van der Waals surface area contributed by atoms with Gasteiger partial charge < -0.3 is 0 Å². The van der Waals surface area contributed by atoms with Gasteiger partial charge in [0, 0.05) is 0 Å². The molecule has 0 N–H and O–H groups in total. The van der Waals surface area contributed by atoms with Crippen LogP contribution < -0.4 is 0 Å². The van der Waals surface area contributed by atoms with Crippen molar-refractivity contribution in [1.29, 1.82) is 0 Å². The van der Waals surface area contributed by atoms with Gasteiger partial charge in [0.15, 0.2) is 0 Å². The lowest BCUT2D eigenvalue weighted by Crippen LogP contribution is -1.78. The van der Waals surface area contributed by atoms with E-state index in [1.165, 1.54) is 49.5 Å². The maximum absolute atomic E-state index is 2.27. The predicted octanol–water partition coefficient (Wildman–Crippen LogP) is 3.32. The van der Waals surface area contributed by atoms with E-state index in [4.69, 9.17) is 0 Å². The van der Waals surface area contributed by atoms with Crippen LogP contribution in [0.3, 0.4) is 0 Å². The first-order chi connectivity index (χ1) is 4.91. The summed E-state index contributed by atoms with van der Waals surface area (Å²) in [6.07, 6.45) is 10.1. The SMILES string of the molecule is CCCCCCCC[CH2][Mg]. The van der Waals surface area contributed by atoms with Crippen LogP contribution in [-0.4, -0.2) is 21.7 Å². The molecule has 0 unspecified atom stereocenters. The summed E-state index contributed by atoms with van der Waals surface area (Å²) in [7, 11) is 0. The van der Waals surface area contributed by atoms with Gasteiger partial charge in [0.1, 0.15) is 0 Å². The van der Waals surface area contributed by atoms with Gasteiger partial charge in [-0.3, -0.25) is 0 Å². The third kappa shape index (κ3) is 8.77. The second kappa shape index (κ2) is 9.77. The van der Waals surface area contributed by atoms with Gasteiger partial charge in [-0.1, -0.05) is 51.9 Å². The highest BCUT2D eigenvalue weighted by molar-refractivity contribution is 6.08. The summed E-state index contributed by atoms with van der Waals surface area (Å²) in [4.78, 5) is 0. The molecule has 1 heteroatoms. The van der Waals surface area contributed by atoms with Crippen LogP contribution in [0.5, 0.6) is 0 Å². The van der Waals surface area contributed by atoms with Crippen molar-refractivity contribution in [2.75, 3.05) is 0 Å². The van der Waals surface area contributed by atoms with Gasteiger partial charge in [-0.05, 0) is 0 Å².